The minimum absolute atomic E-state index is 0.00528. The number of phenols is 2. The van der Waals surface area contributed by atoms with Crippen molar-refractivity contribution in [1.29, 1.82) is 0 Å². The van der Waals surface area contributed by atoms with Gasteiger partial charge in [-0.25, -0.2) is 0 Å². The molecule has 0 heterocycles. The van der Waals surface area contributed by atoms with Gasteiger partial charge in [0.15, 0.2) is 0 Å². The van der Waals surface area contributed by atoms with Crippen LogP contribution in [0, 0.1) is 6.92 Å². The van der Waals surface area contributed by atoms with Crippen LogP contribution >= 0.6 is 0 Å². The minimum Gasteiger partial charge on any atom is -0.508 e. The highest BCUT2D eigenvalue weighted by atomic mass is 16.3. The molecule has 0 aromatic heterocycles. The zero-order valence-electron chi connectivity index (χ0n) is 10.6. The third-order valence-electron chi connectivity index (χ3n) is 2.87. The Labute approximate surface area is 111 Å². The Bertz CT molecular complexity index is 591. The normalized spacial score (nSPS) is 10.2. The van der Waals surface area contributed by atoms with Crippen LogP contribution in [-0.2, 0) is 6.54 Å². The van der Waals surface area contributed by atoms with Gasteiger partial charge >= 0.3 is 0 Å². The summed E-state index contributed by atoms with van der Waals surface area (Å²) in [5.41, 5.74) is 1.80. The van der Waals surface area contributed by atoms with Crippen molar-refractivity contribution in [3.63, 3.8) is 0 Å². The van der Waals surface area contributed by atoms with Gasteiger partial charge in [-0.3, -0.25) is 4.79 Å². The van der Waals surface area contributed by atoms with Crippen molar-refractivity contribution in [3.8, 4) is 11.5 Å². The van der Waals surface area contributed by atoms with Gasteiger partial charge in [0.25, 0.3) is 5.91 Å². The topological polar surface area (TPSA) is 69.6 Å². The minimum atomic E-state index is -0.325. The maximum Gasteiger partial charge on any atom is 0.255 e. The van der Waals surface area contributed by atoms with E-state index >= 15 is 0 Å². The van der Waals surface area contributed by atoms with Crippen LogP contribution in [0.2, 0.25) is 0 Å². The van der Waals surface area contributed by atoms with Gasteiger partial charge in [-0.2, -0.15) is 0 Å². The van der Waals surface area contributed by atoms with Crippen LogP contribution in [0.5, 0.6) is 11.5 Å². The van der Waals surface area contributed by atoms with E-state index in [2.05, 4.69) is 5.32 Å². The average Bonchev–Trinajstić information content (AvgIpc) is 2.41. The smallest absolute Gasteiger partial charge is 0.255 e. The van der Waals surface area contributed by atoms with Crippen LogP contribution in [0.1, 0.15) is 21.5 Å². The zero-order valence-corrected chi connectivity index (χ0v) is 10.6. The standard InChI is InChI=1S/C15H15NO3/c1-10-3-2-4-13(14(10)18)15(19)16-9-11-5-7-12(17)8-6-11/h2-8,17-18H,9H2,1H3,(H,16,19). The molecule has 4 heteroatoms. The Morgan fingerprint density at radius 2 is 1.79 bits per heavy atom. The number of carbonyl (C=O) groups is 1. The van der Waals surface area contributed by atoms with E-state index in [4.69, 9.17) is 5.11 Å². The fourth-order valence-electron chi connectivity index (χ4n) is 1.73. The zero-order chi connectivity index (χ0) is 13.8. The van der Waals surface area contributed by atoms with E-state index < -0.39 is 0 Å². The van der Waals surface area contributed by atoms with E-state index in [0.29, 0.717) is 12.1 Å². The molecule has 0 saturated carbocycles. The second-order valence-corrected chi connectivity index (χ2v) is 4.32. The summed E-state index contributed by atoms with van der Waals surface area (Å²) in [6.45, 7) is 2.08. The number of carbonyl (C=O) groups excluding carboxylic acids is 1. The molecule has 19 heavy (non-hydrogen) atoms. The van der Waals surface area contributed by atoms with Gasteiger partial charge in [-0.1, -0.05) is 24.3 Å². The highest BCUT2D eigenvalue weighted by molar-refractivity contribution is 5.97. The Morgan fingerprint density at radius 1 is 1.11 bits per heavy atom. The first-order valence-electron chi connectivity index (χ1n) is 5.92. The lowest BCUT2D eigenvalue weighted by Crippen LogP contribution is -2.22. The molecule has 4 nitrogen and oxygen atoms in total. The lowest BCUT2D eigenvalue weighted by molar-refractivity contribution is 0.0948. The van der Waals surface area contributed by atoms with Crippen LogP contribution in [0.25, 0.3) is 0 Å². The number of benzene rings is 2. The maximum atomic E-state index is 11.9. The Kier molecular flexibility index (Phi) is 3.71. The lowest BCUT2D eigenvalue weighted by Gasteiger charge is -2.08. The molecule has 0 radical (unpaired) electrons. The molecule has 0 spiro atoms. The summed E-state index contributed by atoms with van der Waals surface area (Å²) in [6.07, 6.45) is 0. The molecule has 1 amide bonds. The predicted octanol–water partition coefficient (Wildman–Crippen LogP) is 2.34. The van der Waals surface area contributed by atoms with Crippen molar-refractivity contribution in [2.75, 3.05) is 0 Å². The number of aromatic hydroxyl groups is 2. The number of para-hydroxylation sites is 1. The predicted molar refractivity (Wildman–Crippen MR) is 72.1 cm³/mol. The molecule has 0 bridgehead atoms. The maximum absolute atomic E-state index is 11.9. The van der Waals surface area contributed by atoms with Crippen LogP contribution in [0.15, 0.2) is 42.5 Å². The van der Waals surface area contributed by atoms with Gasteiger partial charge < -0.3 is 15.5 Å². The summed E-state index contributed by atoms with van der Waals surface area (Å²) >= 11 is 0. The van der Waals surface area contributed by atoms with Crippen molar-refractivity contribution < 1.29 is 15.0 Å². The summed E-state index contributed by atoms with van der Waals surface area (Å²) in [6, 6.07) is 11.6. The van der Waals surface area contributed by atoms with Gasteiger partial charge in [0.2, 0.25) is 0 Å². The fraction of sp³-hybridized carbons (Fsp3) is 0.133. The summed E-state index contributed by atoms with van der Waals surface area (Å²) < 4.78 is 0. The first kappa shape index (κ1) is 13.0. The van der Waals surface area contributed by atoms with Crippen molar-refractivity contribution in [2.45, 2.75) is 13.5 Å². The summed E-state index contributed by atoms with van der Waals surface area (Å²) in [5.74, 6) is -0.133. The molecular weight excluding hydrogens is 242 g/mol. The second kappa shape index (κ2) is 5.44. The molecule has 0 atom stereocenters. The molecule has 2 aromatic carbocycles. The molecule has 3 N–H and O–H groups in total. The Morgan fingerprint density at radius 3 is 2.47 bits per heavy atom. The molecule has 2 aromatic rings. The molecule has 0 aliphatic heterocycles. The van der Waals surface area contributed by atoms with Gasteiger partial charge in [-0.05, 0) is 36.2 Å². The number of phenolic OH excluding ortho intramolecular Hbond substituents is 2. The first-order valence-corrected chi connectivity index (χ1v) is 5.92. The van der Waals surface area contributed by atoms with Crippen molar-refractivity contribution >= 4 is 5.91 Å². The van der Waals surface area contributed by atoms with Crippen LogP contribution in [0.3, 0.4) is 0 Å². The SMILES string of the molecule is Cc1cccc(C(=O)NCc2ccc(O)cc2)c1O. The highest BCUT2D eigenvalue weighted by Gasteiger charge is 2.11. The van der Waals surface area contributed by atoms with Crippen molar-refractivity contribution in [2.24, 2.45) is 0 Å². The molecule has 0 aliphatic carbocycles. The third kappa shape index (κ3) is 3.04. The largest absolute Gasteiger partial charge is 0.508 e. The van der Waals surface area contributed by atoms with E-state index in [9.17, 15) is 9.90 Å². The van der Waals surface area contributed by atoms with Crippen LogP contribution < -0.4 is 5.32 Å². The monoisotopic (exact) mass is 257 g/mol. The fourth-order valence-corrected chi connectivity index (χ4v) is 1.73. The van der Waals surface area contributed by atoms with Crippen LogP contribution in [0.4, 0.5) is 0 Å². The van der Waals surface area contributed by atoms with Crippen molar-refractivity contribution in [1.82, 2.24) is 5.32 Å². The molecule has 0 aliphatic rings. The summed E-state index contributed by atoms with van der Waals surface area (Å²) in [5, 5.41) is 21.7. The van der Waals surface area contributed by atoms with E-state index in [1.165, 1.54) is 0 Å². The van der Waals surface area contributed by atoms with Gasteiger partial charge in [0.1, 0.15) is 11.5 Å². The number of rotatable bonds is 3. The van der Waals surface area contributed by atoms with E-state index in [1.807, 2.05) is 0 Å². The Balaban J connectivity index is 2.05. The number of hydrogen-bond donors (Lipinski definition) is 3. The molecular formula is C15H15NO3. The van der Waals surface area contributed by atoms with Crippen LogP contribution in [-0.4, -0.2) is 16.1 Å². The number of nitrogens with one attached hydrogen (secondary N) is 1. The average molecular weight is 257 g/mol. The summed E-state index contributed by atoms with van der Waals surface area (Å²) in [7, 11) is 0. The quantitative estimate of drug-likeness (QED) is 0.790. The third-order valence-corrected chi connectivity index (χ3v) is 2.87. The van der Waals surface area contributed by atoms with E-state index in [-0.39, 0.29) is 23.0 Å². The van der Waals surface area contributed by atoms with Crippen molar-refractivity contribution in [3.05, 3.63) is 59.2 Å². The lowest BCUT2D eigenvalue weighted by atomic mass is 10.1. The second-order valence-electron chi connectivity index (χ2n) is 4.32. The molecule has 98 valence electrons. The highest BCUT2D eigenvalue weighted by Crippen LogP contribution is 2.21. The molecule has 2 rings (SSSR count). The van der Waals surface area contributed by atoms with E-state index in [0.717, 1.165) is 5.56 Å². The molecule has 0 unspecified atom stereocenters. The first-order chi connectivity index (χ1) is 9.08. The van der Waals surface area contributed by atoms with Gasteiger partial charge in [0, 0.05) is 6.54 Å². The molecule has 0 fully saturated rings. The number of aryl methyl sites for hydroxylation is 1. The van der Waals surface area contributed by atoms with E-state index in [1.54, 1.807) is 49.4 Å². The molecule has 0 saturated heterocycles. The number of hydrogen-bond acceptors (Lipinski definition) is 3. The summed E-state index contributed by atoms with van der Waals surface area (Å²) in [4.78, 5) is 11.9. The number of amides is 1. The van der Waals surface area contributed by atoms with Gasteiger partial charge in [-0.15, -0.1) is 0 Å². The van der Waals surface area contributed by atoms with Gasteiger partial charge in [0.05, 0.1) is 5.56 Å². The Hall–Kier alpha value is -2.49.